The first-order valence-electron chi connectivity index (χ1n) is 6.08. The average molecular weight is 276 g/mol. The summed E-state index contributed by atoms with van der Waals surface area (Å²) < 4.78 is 11.1. The second-order valence-corrected chi connectivity index (χ2v) is 5.62. The van der Waals surface area contributed by atoms with Crippen molar-refractivity contribution in [1.82, 2.24) is 15.5 Å². The van der Waals surface area contributed by atoms with Crippen molar-refractivity contribution in [3.63, 3.8) is 0 Å². The molecule has 1 N–H and O–H groups in total. The SMILES string of the molecule is COC1(c2nc(C(C)(C)C)no2)CCNCC1.Cl. The molecule has 6 heteroatoms. The first-order chi connectivity index (χ1) is 7.98. The smallest absolute Gasteiger partial charge is 0.258 e. The zero-order valence-corrected chi connectivity index (χ0v) is 12.3. The van der Waals surface area contributed by atoms with E-state index in [0.717, 1.165) is 31.8 Å². The third kappa shape index (κ3) is 2.84. The maximum Gasteiger partial charge on any atom is 0.258 e. The standard InChI is InChI=1S/C12H21N3O2.ClH/c1-11(2,3)9-14-10(17-15-9)12(16-4)5-7-13-8-6-12;/h13H,5-8H2,1-4H3;1H. The summed E-state index contributed by atoms with van der Waals surface area (Å²) in [6.07, 6.45) is 1.74. The predicted molar refractivity (Wildman–Crippen MR) is 71.0 cm³/mol. The quantitative estimate of drug-likeness (QED) is 0.895. The molecule has 18 heavy (non-hydrogen) atoms. The lowest BCUT2D eigenvalue weighted by Crippen LogP contribution is -2.41. The van der Waals surface area contributed by atoms with Gasteiger partial charge in [-0.1, -0.05) is 25.9 Å². The van der Waals surface area contributed by atoms with Gasteiger partial charge in [0.15, 0.2) is 5.82 Å². The van der Waals surface area contributed by atoms with E-state index in [-0.39, 0.29) is 17.8 Å². The summed E-state index contributed by atoms with van der Waals surface area (Å²) >= 11 is 0. The topological polar surface area (TPSA) is 60.2 Å². The van der Waals surface area contributed by atoms with Crippen LogP contribution in [-0.4, -0.2) is 30.3 Å². The molecule has 1 aromatic heterocycles. The summed E-state index contributed by atoms with van der Waals surface area (Å²) in [5.74, 6) is 1.36. The van der Waals surface area contributed by atoms with Crippen molar-refractivity contribution in [3.05, 3.63) is 11.7 Å². The van der Waals surface area contributed by atoms with E-state index in [9.17, 15) is 0 Å². The minimum Gasteiger partial charge on any atom is -0.368 e. The van der Waals surface area contributed by atoms with Crippen LogP contribution in [0.2, 0.25) is 0 Å². The van der Waals surface area contributed by atoms with E-state index in [0.29, 0.717) is 5.89 Å². The van der Waals surface area contributed by atoms with Gasteiger partial charge in [-0.05, 0) is 25.9 Å². The number of nitrogens with one attached hydrogen (secondary N) is 1. The molecule has 1 aliphatic rings. The second kappa shape index (κ2) is 5.55. The lowest BCUT2D eigenvalue weighted by atomic mass is 9.91. The van der Waals surface area contributed by atoms with Crippen LogP contribution in [0.15, 0.2) is 4.52 Å². The highest BCUT2D eigenvalue weighted by molar-refractivity contribution is 5.85. The summed E-state index contributed by atoms with van der Waals surface area (Å²) in [5.41, 5.74) is -0.495. The second-order valence-electron chi connectivity index (χ2n) is 5.62. The normalized spacial score (nSPS) is 19.3. The fraction of sp³-hybridized carbons (Fsp3) is 0.833. The Balaban J connectivity index is 0.00000162. The van der Waals surface area contributed by atoms with Gasteiger partial charge >= 0.3 is 0 Å². The molecular formula is C12H22ClN3O2. The Hall–Kier alpha value is -0.650. The first-order valence-corrected chi connectivity index (χ1v) is 6.08. The molecule has 1 saturated heterocycles. The van der Waals surface area contributed by atoms with E-state index in [4.69, 9.17) is 9.26 Å². The highest BCUT2D eigenvalue weighted by atomic mass is 35.5. The first kappa shape index (κ1) is 15.4. The van der Waals surface area contributed by atoms with Crippen LogP contribution in [0, 0.1) is 0 Å². The van der Waals surface area contributed by atoms with E-state index in [1.807, 2.05) is 0 Å². The van der Waals surface area contributed by atoms with Crippen molar-refractivity contribution in [1.29, 1.82) is 0 Å². The number of piperidine rings is 1. The Morgan fingerprint density at radius 1 is 1.28 bits per heavy atom. The van der Waals surface area contributed by atoms with Crippen LogP contribution >= 0.6 is 12.4 Å². The number of hydrogen-bond acceptors (Lipinski definition) is 5. The van der Waals surface area contributed by atoms with E-state index < -0.39 is 5.60 Å². The number of methoxy groups -OCH3 is 1. The fourth-order valence-corrected chi connectivity index (χ4v) is 2.05. The molecule has 0 amide bonds. The lowest BCUT2D eigenvalue weighted by Gasteiger charge is -2.32. The molecule has 1 aromatic rings. The van der Waals surface area contributed by atoms with Crippen molar-refractivity contribution in [2.24, 2.45) is 0 Å². The molecule has 1 fully saturated rings. The number of rotatable bonds is 2. The third-order valence-corrected chi connectivity index (χ3v) is 3.29. The Labute approximate surface area is 114 Å². The van der Waals surface area contributed by atoms with Crippen LogP contribution in [0.25, 0.3) is 0 Å². The van der Waals surface area contributed by atoms with Gasteiger partial charge in [0.05, 0.1) is 0 Å². The number of ether oxygens (including phenoxy) is 1. The predicted octanol–water partition coefficient (Wildman–Crippen LogP) is 2.01. The Morgan fingerprint density at radius 2 is 1.89 bits per heavy atom. The lowest BCUT2D eigenvalue weighted by molar-refractivity contribution is -0.0622. The summed E-state index contributed by atoms with van der Waals surface area (Å²) in [7, 11) is 1.71. The number of aromatic nitrogens is 2. The van der Waals surface area contributed by atoms with Crippen LogP contribution in [-0.2, 0) is 15.8 Å². The van der Waals surface area contributed by atoms with Gasteiger partial charge in [-0.25, -0.2) is 0 Å². The van der Waals surface area contributed by atoms with E-state index >= 15 is 0 Å². The zero-order chi connectivity index (χ0) is 12.5. The van der Waals surface area contributed by atoms with Crippen LogP contribution in [0.3, 0.4) is 0 Å². The van der Waals surface area contributed by atoms with E-state index in [1.165, 1.54) is 0 Å². The maximum absolute atomic E-state index is 5.65. The van der Waals surface area contributed by atoms with Crippen molar-refractivity contribution in [3.8, 4) is 0 Å². The highest BCUT2D eigenvalue weighted by Crippen LogP contribution is 2.34. The molecular weight excluding hydrogens is 254 g/mol. The van der Waals surface area contributed by atoms with E-state index in [1.54, 1.807) is 7.11 Å². The summed E-state index contributed by atoms with van der Waals surface area (Å²) in [6.45, 7) is 8.05. The van der Waals surface area contributed by atoms with Gasteiger partial charge in [-0.3, -0.25) is 0 Å². The van der Waals surface area contributed by atoms with Crippen molar-refractivity contribution >= 4 is 12.4 Å². The third-order valence-electron chi connectivity index (χ3n) is 3.29. The molecule has 0 bridgehead atoms. The van der Waals surface area contributed by atoms with Gasteiger partial charge in [-0.15, -0.1) is 12.4 Å². The van der Waals surface area contributed by atoms with Gasteiger partial charge in [0.25, 0.3) is 5.89 Å². The Morgan fingerprint density at radius 3 is 2.33 bits per heavy atom. The summed E-state index contributed by atoms with van der Waals surface area (Å²) in [5, 5.41) is 7.38. The van der Waals surface area contributed by atoms with Gasteiger partial charge in [0.1, 0.15) is 5.60 Å². The molecule has 0 aromatic carbocycles. The number of nitrogens with zero attached hydrogens (tertiary/aromatic N) is 2. The van der Waals surface area contributed by atoms with Crippen LogP contribution in [0.5, 0.6) is 0 Å². The average Bonchev–Trinajstić information content (AvgIpc) is 2.79. The molecule has 0 unspecified atom stereocenters. The molecule has 104 valence electrons. The van der Waals surface area contributed by atoms with Crippen LogP contribution in [0.4, 0.5) is 0 Å². The van der Waals surface area contributed by atoms with Crippen molar-refractivity contribution in [2.45, 2.75) is 44.6 Å². The molecule has 0 saturated carbocycles. The minimum absolute atomic E-state index is 0. The van der Waals surface area contributed by atoms with Crippen LogP contribution in [0.1, 0.15) is 45.3 Å². The number of hydrogen-bond donors (Lipinski definition) is 1. The molecule has 0 spiro atoms. The summed E-state index contributed by atoms with van der Waals surface area (Å²) in [4.78, 5) is 4.52. The van der Waals surface area contributed by atoms with Crippen molar-refractivity contribution < 1.29 is 9.26 Å². The largest absolute Gasteiger partial charge is 0.368 e. The Kier molecular flexibility index (Phi) is 4.75. The van der Waals surface area contributed by atoms with Gasteiger partial charge in [0.2, 0.25) is 0 Å². The molecule has 0 atom stereocenters. The van der Waals surface area contributed by atoms with E-state index in [2.05, 4.69) is 36.2 Å². The molecule has 1 aliphatic heterocycles. The summed E-state index contributed by atoms with van der Waals surface area (Å²) in [6, 6.07) is 0. The minimum atomic E-state index is -0.401. The molecule has 5 nitrogen and oxygen atoms in total. The number of halogens is 1. The van der Waals surface area contributed by atoms with Crippen molar-refractivity contribution in [2.75, 3.05) is 20.2 Å². The molecule has 2 rings (SSSR count). The van der Waals surface area contributed by atoms with Gasteiger partial charge in [0, 0.05) is 12.5 Å². The Bertz CT molecular complexity index is 381. The van der Waals surface area contributed by atoms with Crippen LogP contribution < -0.4 is 5.32 Å². The zero-order valence-electron chi connectivity index (χ0n) is 11.4. The highest BCUT2D eigenvalue weighted by Gasteiger charge is 2.40. The molecule has 0 aliphatic carbocycles. The monoisotopic (exact) mass is 275 g/mol. The fourth-order valence-electron chi connectivity index (χ4n) is 2.05. The van der Waals surface area contributed by atoms with Gasteiger partial charge < -0.3 is 14.6 Å². The maximum atomic E-state index is 5.65. The van der Waals surface area contributed by atoms with Gasteiger partial charge in [-0.2, -0.15) is 4.98 Å². The molecule has 2 heterocycles. The molecule has 0 radical (unpaired) electrons.